The zero-order valence-electron chi connectivity index (χ0n) is 19.2. The van der Waals surface area contributed by atoms with Crippen LogP contribution in [-0.4, -0.2) is 51.2 Å². The van der Waals surface area contributed by atoms with Crippen LogP contribution in [0.5, 0.6) is 0 Å². The molecule has 3 heterocycles. The third kappa shape index (κ3) is 4.59. The van der Waals surface area contributed by atoms with E-state index >= 15 is 0 Å². The number of hydrogen-bond acceptors (Lipinski definition) is 4. The SMILES string of the molecule is Cn1cc(-c2n[nH]c3ccc(C(=O)NC4CCCN(CC5=C(F)CCC=C5)C4)cc23)ccc1=O. The molecule has 1 aliphatic heterocycles. The number of H-pyrrole nitrogens is 1. The first-order valence-electron chi connectivity index (χ1n) is 11.7. The maximum atomic E-state index is 14.1. The van der Waals surface area contributed by atoms with Crippen molar-refractivity contribution in [2.75, 3.05) is 19.6 Å². The number of aryl methyl sites for hydroxylation is 1. The van der Waals surface area contributed by atoms with Crippen molar-refractivity contribution in [3.63, 3.8) is 0 Å². The first kappa shape index (κ1) is 22.3. The minimum absolute atomic E-state index is 0.0145. The second-order valence-corrected chi connectivity index (χ2v) is 9.12. The summed E-state index contributed by atoms with van der Waals surface area (Å²) in [5, 5.41) is 11.4. The Hall–Kier alpha value is -3.52. The zero-order valence-corrected chi connectivity index (χ0v) is 19.2. The van der Waals surface area contributed by atoms with Crippen molar-refractivity contribution in [2.45, 2.75) is 31.7 Å². The summed E-state index contributed by atoms with van der Waals surface area (Å²) in [4.78, 5) is 27.0. The van der Waals surface area contributed by atoms with E-state index in [1.807, 2.05) is 24.3 Å². The highest BCUT2D eigenvalue weighted by molar-refractivity contribution is 6.01. The molecule has 5 rings (SSSR count). The number of nitrogens with one attached hydrogen (secondary N) is 2. The Bertz CT molecular complexity index is 1350. The van der Waals surface area contributed by atoms with Crippen LogP contribution in [0.25, 0.3) is 22.2 Å². The molecule has 1 saturated heterocycles. The zero-order chi connectivity index (χ0) is 23.7. The normalized spacial score (nSPS) is 19.1. The van der Waals surface area contributed by atoms with Crippen LogP contribution < -0.4 is 10.9 Å². The lowest BCUT2D eigenvalue weighted by Crippen LogP contribution is -2.48. The summed E-state index contributed by atoms with van der Waals surface area (Å²) >= 11 is 0. The Morgan fingerprint density at radius 1 is 1.29 bits per heavy atom. The van der Waals surface area contributed by atoms with Crippen molar-refractivity contribution in [3.05, 3.63) is 76.0 Å². The van der Waals surface area contributed by atoms with Crippen LogP contribution in [-0.2, 0) is 7.05 Å². The van der Waals surface area contributed by atoms with Gasteiger partial charge in [-0.1, -0.05) is 12.2 Å². The number of halogens is 1. The number of nitrogens with zero attached hydrogens (tertiary/aromatic N) is 3. The molecule has 2 aliphatic rings. The fourth-order valence-corrected chi connectivity index (χ4v) is 4.76. The topological polar surface area (TPSA) is 83.0 Å². The molecule has 1 aliphatic carbocycles. The van der Waals surface area contributed by atoms with Crippen LogP contribution in [0.2, 0.25) is 0 Å². The van der Waals surface area contributed by atoms with Crippen LogP contribution in [0.15, 0.2) is 64.9 Å². The molecule has 0 bridgehead atoms. The number of hydrogen-bond donors (Lipinski definition) is 2. The van der Waals surface area contributed by atoms with Gasteiger partial charge in [0.15, 0.2) is 0 Å². The monoisotopic (exact) mass is 461 g/mol. The standard InChI is InChI=1S/C26H28FN5O2/c1-31-14-19(9-11-24(31)33)25-21-13-17(8-10-23(21)29-30-25)26(34)28-20-6-4-12-32(16-20)15-18-5-2-3-7-22(18)27/h2,5,8-11,13-14,20H,3-4,6-7,12,15-16H2,1H3,(H,28,34)(H,29,30). The minimum atomic E-state index is -0.135. The third-order valence-electron chi connectivity index (χ3n) is 6.62. The molecule has 3 aromatic rings. The summed E-state index contributed by atoms with van der Waals surface area (Å²) in [6, 6.07) is 8.73. The maximum Gasteiger partial charge on any atom is 0.251 e. The molecule has 0 saturated carbocycles. The molecule has 2 N–H and O–H groups in total. The van der Waals surface area contributed by atoms with Crippen LogP contribution in [0.4, 0.5) is 4.39 Å². The van der Waals surface area contributed by atoms with Gasteiger partial charge in [0, 0.05) is 61.4 Å². The van der Waals surface area contributed by atoms with Crippen LogP contribution in [0.3, 0.4) is 0 Å². The van der Waals surface area contributed by atoms with E-state index in [4.69, 9.17) is 0 Å². The van der Waals surface area contributed by atoms with E-state index in [0.717, 1.165) is 47.8 Å². The molecule has 0 spiro atoms. The summed E-state index contributed by atoms with van der Waals surface area (Å²) in [5.41, 5.74) is 3.53. The molecule has 1 amide bonds. The number of amides is 1. The van der Waals surface area contributed by atoms with Crippen molar-refractivity contribution in [3.8, 4) is 11.3 Å². The van der Waals surface area contributed by atoms with E-state index in [2.05, 4.69) is 20.4 Å². The fourth-order valence-electron chi connectivity index (χ4n) is 4.76. The lowest BCUT2D eigenvalue weighted by atomic mass is 10.0. The number of pyridine rings is 1. The molecule has 8 heteroatoms. The summed E-state index contributed by atoms with van der Waals surface area (Å²) < 4.78 is 15.6. The highest BCUT2D eigenvalue weighted by atomic mass is 19.1. The molecular weight excluding hydrogens is 433 g/mol. The highest BCUT2D eigenvalue weighted by Gasteiger charge is 2.23. The molecule has 34 heavy (non-hydrogen) atoms. The van der Waals surface area contributed by atoms with Crippen molar-refractivity contribution in [2.24, 2.45) is 7.05 Å². The van der Waals surface area contributed by atoms with E-state index in [0.29, 0.717) is 30.8 Å². The van der Waals surface area contributed by atoms with Gasteiger partial charge in [0.25, 0.3) is 5.91 Å². The lowest BCUT2D eigenvalue weighted by molar-refractivity contribution is 0.0907. The van der Waals surface area contributed by atoms with Gasteiger partial charge in [-0.2, -0.15) is 5.10 Å². The van der Waals surface area contributed by atoms with Crippen LogP contribution >= 0.6 is 0 Å². The number of allylic oxidation sites excluding steroid dienone is 2. The van der Waals surface area contributed by atoms with Gasteiger partial charge in [-0.25, -0.2) is 4.39 Å². The number of aromatic nitrogens is 3. The Kier molecular flexibility index (Phi) is 6.15. The quantitative estimate of drug-likeness (QED) is 0.607. The predicted octanol–water partition coefficient (Wildman–Crippen LogP) is 3.70. The Morgan fingerprint density at radius 2 is 2.18 bits per heavy atom. The van der Waals surface area contributed by atoms with Crippen molar-refractivity contribution >= 4 is 16.8 Å². The summed E-state index contributed by atoms with van der Waals surface area (Å²) in [6.45, 7) is 2.19. The lowest BCUT2D eigenvalue weighted by Gasteiger charge is -2.33. The molecule has 7 nitrogen and oxygen atoms in total. The molecule has 1 unspecified atom stereocenters. The van der Waals surface area contributed by atoms with Gasteiger partial charge in [0.05, 0.1) is 5.52 Å². The van der Waals surface area contributed by atoms with Gasteiger partial charge in [-0.3, -0.25) is 19.6 Å². The maximum absolute atomic E-state index is 14.1. The molecule has 0 radical (unpaired) electrons. The molecule has 2 aromatic heterocycles. The van der Waals surface area contributed by atoms with Crippen molar-refractivity contribution in [1.29, 1.82) is 0 Å². The number of piperidine rings is 1. The average molecular weight is 462 g/mol. The number of carbonyl (C=O) groups is 1. The first-order chi connectivity index (χ1) is 16.5. The number of benzene rings is 1. The summed E-state index contributed by atoms with van der Waals surface area (Å²) in [7, 11) is 1.70. The van der Waals surface area contributed by atoms with E-state index in [9.17, 15) is 14.0 Å². The fraction of sp³-hybridized carbons (Fsp3) is 0.346. The van der Waals surface area contributed by atoms with E-state index < -0.39 is 0 Å². The Morgan fingerprint density at radius 3 is 3.00 bits per heavy atom. The largest absolute Gasteiger partial charge is 0.348 e. The molecule has 1 atom stereocenters. The second-order valence-electron chi connectivity index (χ2n) is 9.12. The first-order valence-corrected chi connectivity index (χ1v) is 11.7. The highest BCUT2D eigenvalue weighted by Crippen LogP contribution is 2.27. The van der Waals surface area contributed by atoms with Gasteiger partial charge in [-0.05, 0) is 55.6 Å². The van der Waals surface area contributed by atoms with Gasteiger partial charge < -0.3 is 9.88 Å². The minimum Gasteiger partial charge on any atom is -0.348 e. The van der Waals surface area contributed by atoms with Gasteiger partial charge in [0.2, 0.25) is 5.56 Å². The van der Waals surface area contributed by atoms with Crippen LogP contribution in [0, 0.1) is 0 Å². The van der Waals surface area contributed by atoms with Crippen LogP contribution in [0.1, 0.15) is 36.0 Å². The Balaban J connectivity index is 1.31. The van der Waals surface area contributed by atoms with Gasteiger partial charge in [0.1, 0.15) is 11.5 Å². The number of rotatable bonds is 5. The number of aromatic amines is 1. The molecule has 176 valence electrons. The third-order valence-corrected chi connectivity index (χ3v) is 6.62. The summed E-state index contributed by atoms with van der Waals surface area (Å²) in [6.07, 6.45) is 8.76. The van der Waals surface area contributed by atoms with Crippen molar-refractivity contribution < 1.29 is 9.18 Å². The number of fused-ring (bicyclic) bond motifs is 1. The number of likely N-dealkylation sites (tertiary alicyclic amines) is 1. The predicted molar refractivity (Wildman–Crippen MR) is 130 cm³/mol. The van der Waals surface area contributed by atoms with E-state index in [-0.39, 0.29) is 23.3 Å². The van der Waals surface area contributed by atoms with E-state index in [1.165, 1.54) is 10.6 Å². The molecule has 1 aromatic carbocycles. The molecular formula is C26H28FN5O2. The Labute approximate surface area is 197 Å². The smallest absolute Gasteiger partial charge is 0.251 e. The van der Waals surface area contributed by atoms with Gasteiger partial charge >= 0.3 is 0 Å². The van der Waals surface area contributed by atoms with Crippen molar-refractivity contribution in [1.82, 2.24) is 25.0 Å². The average Bonchev–Trinajstić information content (AvgIpc) is 3.26. The van der Waals surface area contributed by atoms with E-state index in [1.54, 1.807) is 25.4 Å². The number of carbonyl (C=O) groups excluding carboxylic acids is 1. The second kappa shape index (κ2) is 9.38. The summed E-state index contributed by atoms with van der Waals surface area (Å²) in [5.74, 6) is -0.152. The molecule has 1 fully saturated rings. The van der Waals surface area contributed by atoms with Gasteiger partial charge in [-0.15, -0.1) is 0 Å².